The van der Waals surface area contributed by atoms with Gasteiger partial charge in [-0.1, -0.05) is 111 Å². The minimum absolute atomic E-state index is 0. The summed E-state index contributed by atoms with van der Waals surface area (Å²) in [7, 11) is 0. The van der Waals surface area contributed by atoms with Crippen molar-refractivity contribution in [3.8, 4) is 23.0 Å². The normalized spacial score (nSPS) is 8.04. The van der Waals surface area contributed by atoms with E-state index in [0.29, 0.717) is 23.9 Å². The van der Waals surface area contributed by atoms with Gasteiger partial charge in [0, 0.05) is 23.8 Å². The Morgan fingerprint density at radius 1 is 0.500 bits per heavy atom. The number of para-hydroxylation sites is 4. The van der Waals surface area contributed by atoms with Gasteiger partial charge in [-0.3, -0.25) is 9.59 Å². The maximum atomic E-state index is 10.4. The van der Waals surface area contributed by atoms with Crippen LogP contribution >= 0.6 is 0 Å². The SMILES string of the molecule is C.C=O.C=O.CC(=O)Oc1ccccc1.CC(=O)Oc1ccccc1.O=O.Oc1ccccc1.c1ccc(COc2ccccc2)cc1. The number of phenols is 1. The maximum absolute atomic E-state index is 10.4. The summed E-state index contributed by atoms with van der Waals surface area (Å²) in [4.78, 5) is 50.8. The summed E-state index contributed by atoms with van der Waals surface area (Å²) in [5.41, 5.74) is 1.19. The van der Waals surface area contributed by atoms with Crippen molar-refractivity contribution in [3.05, 3.63) is 167 Å². The Hall–Kier alpha value is -6.42. The van der Waals surface area contributed by atoms with E-state index in [-0.39, 0.29) is 19.4 Å². The Kier molecular flexibility index (Phi) is 32.1. The molecule has 0 saturated heterocycles. The molecule has 254 valence electrons. The highest BCUT2D eigenvalue weighted by Crippen LogP contribution is 2.11. The molecule has 0 aromatic heterocycles. The van der Waals surface area contributed by atoms with Crippen molar-refractivity contribution in [2.45, 2.75) is 27.9 Å². The number of hydrogen-bond donors (Lipinski definition) is 1. The molecule has 0 amide bonds. The third-order valence-electron chi connectivity index (χ3n) is 4.76. The van der Waals surface area contributed by atoms with Crippen LogP contribution in [0.2, 0.25) is 0 Å². The molecule has 0 radical (unpaired) electrons. The number of benzene rings is 5. The molecule has 10 heteroatoms. The number of carbonyl (C=O) groups is 4. The fraction of sp³-hybridized carbons (Fsp3) is 0.105. The summed E-state index contributed by atoms with van der Waals surface area (Å²) in [5, 5.41) is 8.63. The summed E-state index contributed by atoms with van der Waals surface area (Å²) in [6, 6.07) is 46.7. The lowest BCUT2D eigenvalue weighted by atomic mass is 10.2. The highest BCUT2D eigenvalue weighted by Gasteiger charge is 1.94. The zero-order valence-corrected chi connectivity index (χ0v) is 26.2. The van der Waals surface area contributed by atoms with Gasteiger partial charge in [0.25, 0.3) is 0 Å². The van der Waals surface area contributed by atoms with Gasteiger partial charge in [0.1, 0.15) is 43.2 Å². The standard InChI is InChI=1S/C13H12O.2C8H8O2.C6H6O.2CH2O.CH4.O2/c1-3-7-12(8-4-1)11-14-13-9-5-2-6-10-13;2*1-7(9)10-8-5-3-2-4-6-8;7-6-4-2-1-3-5-6;2*1-2;;1-2/h1-10H,11H2;2*2-6H,1H3;1-5,7H;2*1H2;1H4;. The molecule has 0 spiro atoms. The summed E-state index contributed by atoms with van der Waals surface area (Å²) in [6.07, 6.45) is 0. The van der Waals surface area contributed by atoms with E-state index in [1.54, 1.807) is 48.5 Å². The van der Waals surface area contributed by atoms with Gasteiger partial charge in [0.05, 0.1) is 0 Å². The van der Waals surface area contributed by atoms with Gasteiger partial charge in [-0.2, -0.15) is 0 Å². The molecule has 0 fully saturated rings. The molecule has 0 bridgehead atoms. The smallest absolute Gasteiger partial charge is 0.308 e. The highest BCUT2D eigenvalue weighted by atomic mass is 16.7. The van der Waals surface area contributed by atoms with Crippen molar-refractivity contribution in [3.63, 3.8) is 0 Å². The Labute approximate surface area is 281 Å². The number of ether oxygens (including phenoxy) is 3. The number of esters is 2. The Bertz CT molecular complexity index is 1330. The fourth-order valence-corrected chi connectivity index (χ4v) is 2.99. The lowest BCUT2D eigenvalue weighted by Gasteiger charge is -2.05. The maximum Gasteiger partial charge on any atom is 0.308 e. The lowest BCUT2D eigenvalue weighted by molar-refractivity contribution is -0.132. The molecule has 1 N–H and O–H groups in total. The molecule has 10 nitrogen and oxygen atoms in total. The second kappa shape index (κ2) is 33.5. The average molecular weight is 659 g/mol. The minimum Gasteiger partial charge on any atom is -0.508 e. The van der Waals surface area contributed by atoms with Crippen LogP contribution < -0.4 is 14.2 Å². The van der Waals surface area contributed by atoms with E-state index < -0.39 is 0 Å². The second-order valence-corrected chi connectivity index (χ2v) is 8.24. The van der Waals surface area contributed by atoms with E-state index in [2.05, 4.69) is 12.1 Å². The number of carbonyl (C=O) groups excluding carboxylic acids is 4. The largest absolute Gasteiger partial charge is 0.508 e. The Morgan fingerprint density at radius 2 is 0.771 bits per heavy atom. The van der Waals surface area contributed by atoms with Crippen LogP contribution in [0.3, 0.4) is 0 Å². The van der Waals surface area contributed by atoms with E-state index in [0.717, 1.165) is 5.75 Å². The third kappa shape index (κ3) is 27.2. The highest BCUT2D eigenvalue weighted by molar-refractivity contribution is 5.69. The van der Waals surface area contributed by atoms with Gasteiger partial charge < -0.3 is 28.9 Å². The predicted octanol–water partition coefficient (Wildman–Crippen LogP) is 8.21. The average Bonchev–Trinajstić information content (AvgIpc) is 3.12. The molecule has 5 aromatic carbocycles. The van der Waals surface area contributed by atoms with Crippen LogP contribution in [-0.4, -0.2) is 30.6 Å². The molecular weight excluding hydrogens is 616 g/mol. The van der Waals surface area contributed by atoms with Crippen LogP contribution in [0.25, 0.3) is 0 Å². The fourth-order valence-electron chi connectivity index (χ4n) is 2.99. The zero-order valence-electron chi connectivity index (χ0n) is 26.2. The molecule has 0 aliphatic carbocycles. The van der Waals surface area contributed by atoms with Gasteiger partial charge in [0.15, 0.2) is 0 Å². The van der Waals surface area contributed by atoms with Crippen LogP contribution in [0, 0.1) is 9.93 Å². The first-order valence-corrected chi connectivity index (χ1v) is 13.6. The van der Waals surface area contributed by atoms with Crippen LogP contribution in [0.4, 0.5) is 0 Å². The summed E-state index contributed by atoms with van der Waals surface area (Å²) < 4.78 is 15.1. The van der Waals surface area contributed by atoms with Crippen LogP contribution in [0.15, 0.2) is 152 Å². The van der Waals surface area contributed by atoms with E-state index >= 15 is 0 Å². The summed E-state index contributed by atoms with van der Waals surface area (Å²) in [6.45, 7) is 7.39. The monoisotopic (exact) mass is 658 g/mol. The van der Waals surface area contributed by atoms with E-state index in [9.17, 15) is 9.59 Å². The molecule has 0 heterocycles. The van der Waals surface area contributed by atoms with Crippen LogP contribution in [-0.2, 0) is 25.8 Å². The van der Waals surface area contributed by atoms with Crippen molar-refractivity contribution in [2.75, 3.05) is 0 Å². The number of hydrogen-bond acceptors (Lipinski definition) is 10. The van der Waals surface area contributed by atoms with Crippen LogP contribution in [0.1, 0.15) is 26.8 Å². The van der Waals surface area contributed by atoms with Crippen molar-refractivity contribution in [1.29, 1.82) is 0 Å². The quantitative estimate of drug-likeness (QED) is 0.144. The third-order valence-corrected chi connectivity index (χ3v) is 4.76. The van der Waals surface area contributed by atoms with Crippen molar-refractivity contribution >= 4 is 25.5 Å². The molecule has 48 heavy (non-hydrogen) atoms. The number of aromatic hydroxyl groups is 1. The second-order valence-electron chi connectivity index (χ2n) is 8.24. The minimum atomic E-state index is -0.286. The molecule has 5 rings (SSSR count). The summed E-state index contributed by atoms with van der Waals surface area (Å²) >= 11 is 0. The molecule has 0 saturated carbocycles. The molecule has 0 atom stereocenters. The van der Waals surface area contributed by atoms with E-state index in [1.807, 2.05) is 105 Å². The van der Waals surface area contributed by atoms with Gasteiger partial charge >= 0.3 is 11.9 Å². The van der Waals surface area contributed by atoms with Crippen LogP contribution in [0.5, 0.6) is 23.0 Å². The first-order valence-electron chi connectivity index (χ1n) is 13.6. The topological polar surface area (TPSA) is 150 Å². The zero-order chi connectivity index (χ0) is 35.5. The Balaban J connectivity index is -0.000000542. The molecule has 5 aromatic rings. The number of rotatable bonds is 5. The lowest BCUT2D eigenvalue weighted by Crippen LogP contribution is -2.00. The Morgan fingerprint density at radius 3 is 1.04 bits per heavy atom. The van der Waals surface area contributed by atoms with Crippen molar-refractivity contribution < 1.29 is 38.5 Å². The molecule has 0 unspecified atom stereocenters. The van der Waals surface area contributed by atoms with Gasteiger partial charge in [0.2, 0.25) is 0 Å². The van der Waals surface area contributed by atoms with E-state index in [1.165, 1.54) is 19.4 Å². The molecule has 0 aliphatic rings. The number of phenolic OH excluding ortho intramolecular Hbond substituents is 1. The van der Waals surface area contributed by atoms with Crippen molar-refractivity contribution in [1.82, 2.24) is 0 Å². The van der Waals surface area contributed by atoms with Gasteiger partial charge in [-0.05, 0) is 54.1 Å². The van der Waals surface area contributed by atoms with Crippen molar-refractivity contribution in [2.24, 2.45) is 0 Å². The van der Waals surface area contributed by atoms with E-state index in [4.69, 9.17) is 38.8 Å². The van der Waals surface area contributed by atoms with Gasteiger partial charge in [-0.15, -0.1) is 0 Å². The molecule has 0 aliphatic heterocycles. The first-order chi connectivity index (χ1) is 22.9. The first kappa shape index (κ1) is 46.0. The predicted molar refractivity (Wildman–Crippen MR) is 189 cm³/mol. The summed E-state index contributed by atoms with van der Waals surface area (Å²) in [5.74, 6) is 1.85. The van der Waals surface area contributed by atoms with Gasteiger partial charge in [-0.25, -0.2) is 0 Å². The molecular formula is C38H42O10.